The first kappa shape index (κ1) is 15.0. The standard InChI is InChI=1S/C14H19FN2O3/c1-13(2)14(3,4)20-12(19-13)18-8-9-7-10(15)5-6-11(9)17-16/h5-7,12,16H,8H2,1-4H3. The first-order valence-electron chi connectivity index (χ1n) is 6.38. The highest BCUT2D eigenvalue weighted by molar-refractivity contribution is 5.44. The summed E-state index contributed by atoms with van der Waals surface area (Å²) < 4.78 is 30.1. The SMILES string of the molecule is CC1(C)OC(OCc2cc(F)ccc2N=N)OC1(C)C. The van der Waals surface area contributed by atoms with Crippen LogP contribution in [-0.2, 0) is 20.8 Å². The maximum Gasteiger partial charge on any atom is 0.273 e. The molecule has 1 aliphatic heterocycles. The third-order valence-corrected chi connectivity index (χ3v) is 3.77. The summed E-state index contributed by atoms with van der Waals surface area (Å²) in [4.78, 5) is 0. The molecule has 1 aromatic rings. The summed E-state index contributed by atoms with van der Waals surface area (Å²) in [5, 5.41) is 3.34. The second-order valence-electron chi connectivity index (χ2n) is 5.74. The quantitative estimate of drug-likeness (QED) is 0.852. The second kappa shape index (κ2) is 5.20. The summed E-state index contributed by atoms with van der Waals surface area (Å²) in [6.45, 7) is 6.92. The molecule has 0 aliphatic carbocycles. The normalized spacial score (nSPS) is 21.1. The van der Waals surface area contributed by atoms with Gasteiger partial charge in [-0.15, -0.1) is 0 Å². The van der Waals surface area contributed by atoms with Crippen LogP contribution in [0.1, 0.15) is 33.3 Å². The minimum absolute atomic E-state index is 0.0618. The Morgan fingerprint density at radius 3 is 2.40 bits per heavy atom. The van der Waals surface area contributed by atoms with Crippen molar-refractivity contribution in [1.29, 1.82) is 5.53 Å². The van der Waals surface area contributed by atoms with Crippen molar-refractivity contribution in [2.24, 2.45) is 5.11 Å². The van der Waals surface area contributed by atoms with E-state index in [9.17, 15) is 4.39 Å². The van der Waals surface area contributed by atoms with Crippen LogP contribution in [-0.4, -0.2) is 17.7 Å². The largest absolute Gasteiger partial charge is 0.325 e. The number of nitrogens with one attached hydrogen (secondary N) is 1. The molecule has 1 fully saturated rings. The molecule has 0 aromatic heterocycles. The van der Waals surface area contributed by atoms with Gasteiger partial charge in [-0.1, -0.05) is 0 Å². The minimum atomic E-state index is -0.818. The molecule has 5 nitrogen and oxygen atoms in total. The zero-order chi connectivity index (χ0) is 15.0. The molecule has 20 heavy (non-hydrogen) atoms. The fraction of sp³-hybridized carbons (Fsp3) is 0.571. The molecule has 0 spiro atoms. The first-order chi connectivity index (χ1) is 9.25. The lowest BCUT2D eigenvalue weighted by atomic mass is 9.90. The maximum absolute atomic E-state index is 13.2. The van der Waals surface area contributed by atoms with Crippen LogP contribution in [0.4, 0.5) is 10.1 Å². The van der Waals surface area contributed by atoms with Crippen LogP contribution in [0, 0.1) is 11.3 Å². The molecular weight excluding hydrogens is 263 g/mol. The van der Waals surface area contributed by atoms with E-state index in [0.717, 1.165) is 0 Å². The zero-order valence-corrected chi connectivity index (χ0v) is 12.1. The van der Waals surface area contributed by atoms with Gasteiger partial charge in [0.15, 0.2) is 0 Å². The van der Waals surface area contributed by atoms with Crippen LogP contribution >= 0.6 is 0 Å². The van der Waals surface area contributed by atoms with E-state index in [4.69, 9.17) is 19.7 Å². The lowest BCUT2D eigenvalue weighted by molar-refractivity contribution is -0.259. The molecule has 1 aliphatic rings. The molecule has 1 N–H and O–H groups in total. The summed E-state index contributed by atoms with van der Waals surface area (Å²) in [7, 11) is 0. The van der Waals surface area contributed by atoms with Gasteiger partial charge in [-0.25, -0.2) is 9.92 Å². The molecule has 0 radical (unpaired) electrons. The Bertz CT molecular complexity index is 501. The van der Waals surface area contributed by atoms with Gasteiger partial charge in [0.2, 0.25) is 0 Å². The van der Waals surface area contributed by atoms with Gasteiger partial charge in [-0.05, 0) is 45.9 Å². The fourth-order valence-electron chi connectivity index (χ4n) is 1.79. The van der Waals surface area contributed by atoms with Gasteiger partial charge in [0.1, 0.15) is 5.82 Å². The Morgan fingerprint density at radius 1 is 1.25 bits per heavy atom. The summed E-state index contributed by atoms with van der Waals surface area (Å²) >= 11 is 0. The van der Waals surface area contributed by atoms with Crippen LogP contribution in [0.5, 0.6) is 0 Å². The third kappa shape index (κ3) is 2.87. The average molecular weight is 282 g/mol. The molecule has 110 valence electrons. The van der Waals surface area contributed by atoms with E-state index in [2.05, 4.69) is 5.11 Å². The highest BCUT2D eigenvalue weighted by atomic mass is 19.1. The average Bonchev–Trinajstić information content (AvgIpc) is 2.55. The van der Waals surface area contributed by atoms with Crippen LogP contribution < -0.4 is 0 Å². The van der Waals surface area contributed by atoms with Crippen molar-refractivity contribution in [2.75, 3.05) is 0 Å². The number of hydrogen-bond donors (Lipinski definition) is 1. The molecule has 0 unspecified atom stereocenters. The molecule has 1 saturated heterocycles. The fourth-order valence-corrected chi connectivity index (χ4v) is 1.79. The maximum atomic E-state index is 13.2. The van der Waals surface area contributed by atoms with Crippen molar-refractivity contribution in [3.05, 3.63) is 29.6 Å². The Kier molecular flexibility index (Phi) is 3.90. The predicted octanol–water partition coefficient (Wildman–Crippen LogP) is 3.89. The number of halogens is 1. The van der Waals surface area contributed by atoms with E-state index >= 15 is 0 Å². The Morgan fingerprint density at radius 2 is 1.85 bits per heavy atom. The first-order valence-corrected chi connectivity index (χ1v) is 6.38. The van der Waals surface area contributed by atoms with Crippen LogP contribution in [0.25, 0.3) is 0 Å². The molecule has 1 aromatic carbocycles. The Labute approximate surface area is 117 Å². The molecule has 1 heterocycles. The highest BCUT2D eigenvalue weighted by Gasteiger charge is 2.49. The molecule has 0 atom stereocenters. The Hall–Kier alpha value is -1.37. The zero-order valence-electron chi connectivity index (χ0n) is 12.1. The van der Waals surface area contributed by atoms with Gasteiger partial charge in [0.25, 0.3) is 6.48 Å². The molecule has 2 rings (SSSR count). The van der Waals surface area contributed by atoms with Gasteiger partial charge in [-0.2, -0.15) is 5.11 Å². The molecule has 0 saturated carbocycles. The third-order valence-electron chi connectivity index (χ3n) is 3.77. The molecule has 0 bridgehead atoms. The molecule has 6 heteroatoms. The van der Waals surface area contributed by atoms with Crippen LogP contribution in [0.3, 0.4) is 0 Å². The number of rotatable bonds is 4. The second-order valence-corrected chi connectivity index (χ2v) is 5.74. The van der Waals surface area contributed by atoms with Gasteiger partial charge in [-0.3, -0.25) is 0 Å². The lowest BCUT2D eigenvalue weighted by Gasteiger charge is -2.29. The van der Waals surface area contributed by atoms with E-state index in [0.29, 0.717) is 11.3 Å². The molecular formula is C14H19FN2O3. The Balaban J connectivity index is 2.04. The predicted molar refractivity (Wildman–Crippen MR) is 70.1 cm³/mol. The number of hydrogen-bond acceptors (Lipinski definition) is 5. The summed E-state index contributed by atoms with van der Waals surface area (Å²) in [5.41, 5.74) is 6.93. The summed E-state index contributed by atoms with van der Waals surface area (Å²) in [6, 6.07) is 3.98. The number of nitrogens with zero attached hydrogens (tertiary/aromatic N) is 1. The van der Waals surface area contributed by atoms with Crippen molar-refractivity contribution in [2.45, 2.75) is 52.0 Å². The number of ether oxygens (including phenoxy) is 3. The summed E-state index contributed by atoms with van der Waals surface area (Å²) in [5.74, 6) is -0.398. The van der Waals surface area contributed by atoms with E-state index in [-0.39, 0.29) is 6.61 Å². The van der Waals surface area contributed by atoms with Crippen molar-refractivity contribution in [3.63, 3.8) is 0 Å². The van der Waals surface area contributed by atoms with Crippen molar-refractivity contribution in [3.8, 4) is 0 Å². The van der Waals surface area contributed by atoms with Gasteiger partial charge < -0.3 is 14.2 Å². The minimum Gasteiger partial charge on any atom is -0.325 e. The monoisotopic (exact) mass is 282 g/mol. The van der Waals surface area contributed by atoms with Crippen molar-refractivity contribution < 1.29 is 18.6 Å². The van der Waals surface area contributed by atoms with E-state index in [1.165, 1.54) is 18.2 Å². The smallest absolute Gasteiger partial charge is 0.273 e. The summed E-state index contributed by atoms with van der Waals surface area (Å²) in [6.07, 6.45) is 0. The van der Waals surface area contributed by atoms with E-state index in [1.807, 2.05) is 27.7 Å². The van der Waals surface area contributed by atoms with Crippen LogP contribution in [0.15, 0.2) is 23.3 Å². The van der Waals surface area contributed by atoms with Crippen molar-refractivity contribution in [1.82, 2.24) is 0 Å². The highest BCUT2D eigenvalue weighted by Crippen LogP contribution is 2.38. The van der Waals surface area contributed by atoms with E-state index in [1.54, 1.807) is 0 Å². The van der Waals surface area contributed by atoms with Crippen LogP contribution in [0.2, 0.25) is 0 Å². The molecule has 0 amide bonds. The van der Waals surface area contributed by atoms with E-state index < -0.39 is 23.5 Å². The van der Waals surface area contributed by atoms with Gasteiger partial charge in [0.05, 0.1) is 23.5 Å². The number of benzene rings is 1. The topological polar surface area (TPSA) is 63.9 Å². The van der Waals surface area contributed by atoms with Gasteiger partial charge >= 0.3 is 0 Å². The van der Waals surface area contributed by atoms with Gasteiger partial charge in [0, 0.05) is 5.56 Å². The van der Waals surface area contributed by atoms with Crippen molar-refractivity contribution >= 4 is 5.69 Å². The lowest BCUT2D eigenvalue weighted by Crippen LogP contribution is -2.41.